The van der Waals surface area contributed by atoms with Crippen LogP contribution < -0.4 is 40.9 Å². The highest BCUT2D eigenvalue weighted by molar-refractivity contribution is 5.91. The highest BCUT2D eigenvalue weighted by Crippen LogP contribution is 2.33. The highest BCUT2D eigenvalue weighted by atomic mass is 127. The quantitative estimate of drug-likeness (QED) is 0.304. The predicted octanol–water partition coefficient (Wildman–Crippen LogP) is 0.252. The number of fused-ring (bicyclic) bond motifs is 1. The SMILES string of the molecule is C[N+](C)(C)Cc1c(F)c(N)c2c(=O)cc(-c3ccc(N)c(F)c3)oc2c1F.[I-]. The molecule has 0 fully saturated rings. The zero-order valence-corrected chi connectivity index (χ0v) is 17.6. The van der Waals surface area contributed by atoms with Crippen molar-refractivity contribution in [2.75, 3.05) is 32.6 Å². The third-order valence-electron chi connectivity index (χ3n) is 4.10. The van der Waals surface area contributed by atoms with E-state index in [-0.39, 0.29) is 63.0 Å². The van der Waals surface area contributed by atoms with Crippen molar-refractivity contribution in [2.45, 2.75) is 6.54 Å². The van der Waals surface area contributed by atoms with Crippen molar-refractivity contribution in [2.24, 2.45) is 0 Å². The van der Waals surface area contributed by atoms with Gasteiger partial charge in [0.2, 0.25) is 0 Å². The summed E-state index contributed by atoms with van der Waals surface area (Å²) in [6.07, 6.45) is 0. The summed E-state index contributed by atoms with van der Waals surface area (Å²) in [5.74, 6) is -2.76. The maximum absolute atomic E-state index is 15.0. The number of hydrogen-bond acceptors (Lipinski definition) is 4. The maximum atomic E-state index is 15.0. The molecule has 0 aliphatic heterocycles. The van der Waals surface area contributed by atoms with Crippen molar-refractivity contribution < 1.29 is 46.0 Å². The molecule has 0 aliphatic rings. The number of anilines is 2. The molecule has 1 heterocycles. The van der Waals surface area contributed by atoms with Gasteiger partial charge < -0.3 is 44.3 Å². The molecule has 150 valence electrons. The molecule has 0 unspecified atom stereocenters. The van der Waals surface area contributed by atoms with Gasteiger partial charge in [-0.05, 0) is 18.2 Å². The molecule has 2 aromatic carbocycles. The Bertz CT molecular complexity index is 1120. The van der Waals surface area contributed by atoms with Crippen LogP contribution in [-0.2, 0) is 6.54 Å². The fourth-order valence-corrected chi connectivity index (χ4v) is 2.84. The Kier molecular flexibility index (Phi) is 6.00. The van der Waals surface area contributed by atoms with Gasteiger partial charge in [-0.2, -0.15) is 0 Å². The Labute approximate surface area is 176 Å². The van der Waals surface area contributed by atoms with E-state index in [1.807, 2.05) is 0 Å². The van der Waals surface area contributed by atoms with Crippen LogP contribution in [0.15, 0.2) is 33.5 Å². The molecule has 0 saturated carbocycles. The Balaban J connectivity index is 0.00000280. The van der Waals surface area contributed by atoms with E-state index < -0.39 is 34.2 Å². The number of rotatable bonds is 3. The zero-order chi connectivity index (χ0) is 20.1. The Morgan fingerprint density at radius 2 is 1.68 bits per heavy atom. The molecular formula is C19H19F3IN3O2. The lowest BCUT2D eigenvalue weighted by Crippen LogP contribution is -3.00. The second-order valence-electron chi connectivity index (χ2n) is 7.38. The molecule has 28 heavy (non-hydrogen) atoms. The average molecular weight is 505 g/mol. The molecule has 3 aromatic rings. The van der Waals surface area contributed by atoms with Gasteiger partial charge in [0, 0.05) is 11.6 Å². The predicted molar refractivity (Wildman–Crippen MR) is 98.4 cm³/mol. The number of quaternary nitrogens is 1. The summed E-state index contributed by atoms with van der Waals surface area (Å²) in [6, 6.07) is 4.81. The maximum Gasteiger partial charge on any atom is 0.195 e. The van der Waals surface area contributed by atoms with E-state index in [0.29, 0.717) is 0 Å². The van der Waals surface area contributed by atoms with Crippen LogP contribution in [0, 0.1) is 17.5 Å². The summed E-state index contributed by atoms with van der Waals surface area (Å²) in [4.78, 5) is 12.5. The first-order valence-electron chi connectivity index (χ1n) is 8.08. The molecule has 0 radical (unpaired) electrons. The standard InChI is InChI=1S/C19H18F3N3O2.HI/c1-25(2,3)8-10-16(21)18(24)15-13(26)7-14(27-19(15)17(10)22)9-4-5-12(23)11(20)6-9;/h4-7H,8H2,1-3H3,(H3-,23,24,26);1H. The van der Waals surface area contributed by atoms with Gasteiger partial charge in [0.15, 0.2) is 22.6 Å². The second kappa shape index (κ2) is 7.63. The lowest BCUT2D eigenvalue weighted by Gasteiger charge is -2.24. The van der Waals surface area contributed by atoms with E-state index in [4.69, 9.17) is 15.9 Å². The molecule has 3 rings (SSSR count). The average Bonchev–Trinajstić information content (AvgIpc) is 2.57. The van der Waals surface area contributed by atoms with E-state index in [2.05, 4.69) is 0 Å². The van der Waals surface area contributed by atoms with Crippen LogP contribution in [-0.4, -0.2) is 25.6 Å². The van der Waals surface area contributed by atoms with Crippen LogP contribution >= 0.6 is 0 Å². The van der Waals surface area contributed by atoms with Crippen molar-refractivity contribution in [3.05, 3.63) is 57.5 Å². The number of nitrogens with zero attached hydrogens (tertiary/aromatic N) is 1. The number of halogens is 4. The minimum Gasteiger partial charge on any atom is -1.00 e. The Hall–Kier alpha value is -2.27. The fraction of sp³-hybridized carbons (Fsp3) is 0.211. The van der Waals surface area contributed by atoms with E-state index in [9.17, 15) is 13.6 Å². The summed E-state index contributed by atoms with van der Waals surface area (Å²) in [6.45, 7) is -0.0117. The van der Waals surface area contributed by atoms with Gasteiger partial charge in [-0.25, -0.2) is 13.2 Å². The molecule has 4 N–H and O–H groups in total. The molecule has 1 aromatic heterocycles. The first kappa shape index (κ1) is 22.0. The van der Waals surface area contributed by atoms with E-state index in [1.54, 1.807) is 21.1 Å². The molecule has 0 amide bonds. The minimum absolute atomic E-state index is 0. The van der Waals surface area contributed by atoms with E-state index >= 15 is 4.39 Å². The zero-order valence-electron chi connectivity index (χ0n) is 15.4. The Morgan fingerprint density at radius 1 is 1.04 bits per heavy atom. The monoisotopic (exact) mass is 505 g/mol. The molecule has 0 bridgehead atoms. The van der Waals surface area contributed by atoms with Gasteiger partial charge >= 0.3 is 0 Å². The first-order chi connectivity index (χ1) is 12.5. The molecule has 5 nitrogen and oxygen atoms in total. The number of benzene rings is 2. The van der Waals surface area contributed by atoms with Gasteiger partial charge in [-0.1, -0.05) is 0 Å². The van der Waals surface area contributed by atoms with Gasteiger partial charge in [0.25, 0.3) is 0 Å². The number of nitrogen functional groups attached to an aromatic ring is 2. The summed E-state index contributed by atoms with van der Waals surface area (Å²) in [5, 5.41) is -0.380. The smallest absolute Gasteiger partial charge is 0.195 e. The minimum atomic E-state index is -1.00. The summed E-state index contributed by atoms with van der Waals surface area (Å²) >= 11 is 0. The van der Waals surface area contributed by atoms with Gasteiger partial charge in [-0.15, -0.1) is 0 Å². The van der Waals surface area contributed by atoms with Crippen molar-refractivity contribution >= 4 is 22.3 Å². The largest absolute Gasteiger partial charge is 1.00 e. The van der Waals surface area contributed by atoms with Crippen LogP contribution in [0.2, 0.25) is 0 Å². The second-order valence-corrected chi connectivity index (χ2v) is 7.38. The molecule has 0 spiro atoms. The normalized spacial score (nSPS) is 11.5. The van der Waals surface area contributed by atoms with Crippen LogP contribution in [0.1, 0.15) is 5.56 Å². The first-order valence-corrected chi connectivity index (χ1v) is 8.08. The van der Waals surface area contributed by atoms with E-state index in [1.165, 1.54) is 12.1 Å². The molecular weight excluding hydrogens is 486 g/mol. The molecule has 0 saturated heterocycles. The van der Waals surface area contributed by atoms with Crippen LogP contribution in [0.25, 0.3) is 22.3 Å². The van der Waals surface area contributed by atoms with Crippen LogP contribution in [0.5, 0.6) is 0 Å². The van der Waals surface area contributed by atoms with Gasteiger partial charge in [0.1, 0.15) is 18.1 Å². The molecule has 9 heteroatoms. The van der Waals surface area contributed by atoms with Crippen LogP contribution in [0.4, 0.5) is 24.5 Å². The molecule has 0 aliphatic carbocycles. The summed E-state index contributed by atoms with van der Waals surface area (Å²) < 4.78 is 49.1. The summed E-state index contributed by atoms with van der Waals surface area (Å²) in [7, 11) is 5.26. The third kappa shape index (κ3) is 3.95. The van der Waals surface area contributed by atoms with Gasteiger partial charge in [0.05, 0.1) is 43.5 Å². The number of hydrogen-bond donors (Lipinski definition) is 2. The van der Waals surface area contributed by atoms with Crippen molar-refractivity contribution in [3.63, 3.8) is 0 Å². The van der Waals surface area contributed by atoms with Crippen LogP contribution in [0.3, 0.4) is 0 Å². The third-order valence-corrected chi connectivity index (χ3v) is 4.10. The molecule has 0 atom stereocenters. The van der Waals surface area contributed by atoms with Crippen molar-refractivity contribution in [3.8, 4) is 11.3 Å². The number of nitrogens with two attached hydrogens (primary N) is 2. The highest BCUT2D eigenvalue weighted by Gasteiger charge is 2.26. The summed E-state index contributed by atoms with van der Waals surface area (Å²) in [5.41, 5.74) is 9.36. The van der Waals surface area contributed by atoms with Gasteiger partial charge in [-0.3, -0.25) is 4.79 Å². The Morgan fingerprint density at radius 3 is 2.25 bits per heavy atom. The fourth-order valence-electron chi connectivity index (χ4n) is 2.84. The lowest BCUT2D eigenvalue weighted by molar-refractivity contribution is -0.884. The van der Waals surface area contributed by atoms with Crippen molar-refractivity contribution in [1.82, 2.24) is 0 Å². The topological polar surface area (TPSA) is 82.2 Å². The van der Waals surface area contributed by atoms with E-state index in [0.717, 1.165) is 12.1 Å². The lowest BCUT2D eigenvalue weighted by atomic mass is 10.0. The van der Waals surface area contributed by atoms with Crippen molar-refractivity contribution in [1.29, 1.82) is 0 Å².